The minimum absolute atomic E-state index is 0. The van der Waals surface area contributed by atoms with E-state index in [0.29, 0.717) is 6.54 Å². The molecule has 1 aromatic rings. The quantitative estimate of drug-likeness (QED) is 0.280. The standard InChI is InChI=1S/C16H26ClN3O.HI/c1-4-18-16(19-10-5-11-21-13(2)3)20-12-14-6-8-15(17)9-7-14;/h6-9,13H,4-5,10-12H2,1-3H3,(H2,18,19,20);1H. The van der Waals surface area contributed by atoms with Crippen LogP contribution in [0, 0.1) is 0 Å². The first-order valence-electron chi connectivity index (χ1n) is 7.50. The van der Waals surface area contributed by atoms with Crippen LogP contribution in [0.2, 0.25) is 5.02 Å². The SMILES string of the molecule is CCNC(=NCc1ccc(Cl)cc1)NCCCOC(C)C.I. The molecule has 0 spiro atoms. The van der Waals surface area contributed by atoms with Gasteiger partial charge >= 0.3 is 0 Å². The second-order valence-corrected chi connectivity index (χ2v) is 5.46. The van der Waals surface area contributed by atoms with Crippen LogP contribution in [-0.4, -0.2) is 31.8 Å². The van der Waals surface area contributed by atoms with Gasteiger partial charge in [0, 0.05) is 24.7 Å². The van der Waals surface area contributed by atoms with Crippen LogP contribution in [-0.2, 0) is 11.3 Å². The summed E-state index contributed by atoms with van der Waals surface area (Å²) in [6, 6.07) is 7.75. The van der Waals surface area contributed by atoms with Crippen molar-refractivity contribution in [1.29, 1.82) is 0 Å². The lowest BCUT2D eigenvalue weighted by molar-refractivity contribution is 0.0776. The Balaban J connectivity index is 0.00000441. The number of hydrogen-bond acceptors (Lipinski definition) is 2. The molecule has 0 unspecified atom stereocenters. The summed E-state index contributed by atoms with van der Waals surface area (Å²) in [4.78, 5) is 4.56. The number of aliphatic imine (C=N–C) groups is 1. The van der Waals surface area contributed by atoms with E-state index < -0.39 is 0 Å². The van der Waals surface area contributed by atoms with Crippen molar-refractivity contribution in [2.75, 3.05) is 19.7 Å². The van der Waals surface area contributed by atoms with Crippen LogP contribution in [0.5, 0.6) is 0 Å². The number of nitrogens with one attached hydrogen (secondary N) is 2. The first-order chi connectivity index (χ1) is 10.1. The van der Waals surface area contributed by atoms with Gasteiger partial charge in [-0.25, -0.2) is 4.99 Å². The summed E-state index contributed by atoms with van der Waals surface area (Å²) in [5.41, 5.74) is 1.14. The molecular formula is C16H27ClIN3O. The lowest BCUT2D eigenvalue weighted by Gasteiger charge is -2.12. The molecule has 0 saturated carbocycles. The van der Waals surface area contributed by atoms with E-state index >= 15 is 0 Å². The van der Waals surface area contributed by atoms with Gasteiger partial charge < -0.3 is 15.4 Å². The molecule has 4 nitrogen and oxygen atoms in total. The van der Waals surface area contributed by atoms with Crippen molar-refractivity contribution in [3.05, 3.63) is 34.9 Å². The molecule has 0 aliphatic carbocycles. The Morgan fingerprint density at radius 3 is 2.50 bits per heavy atom. The van der Waals surface area contributed by atoms with Gasteiger partial charge in [-0.1, -0.05) is 23.7 Å². The first kappa shape index (κ1) is 21.5. The molecule has 0 fully saturated rings. The Morgan fingerprint density at radius 1 is 1.23 bits per heavy atom. The van der Waals surface area contributed by atoms with Gasteiger partial charge in [-0.2, -0.15) is 0 Å². The normalized spacial score (nSPS) is 11.2. The maximum absolute atomic E-state index is 5.87. The van der Waals surface area contributed by atoms with Crippen LogP contribution < -0.4 is 10.6 Å². The summed E-state index contributed by atoms with van der Waals surface area (Å²) < 4.78 is 5.51. The van der Waals surface area contributed by atoms with Crippen molar-refractivity contribution in [2.45, 2.75) is 39.8 Å². The monoisotopic (exact) mass is 439 g/mol. The van der Waals surface area contributed by atoms with E-state index in [-0.39, 0.29) is 30.1 Å². The van der Waals surface area contributed by atoms with Crippen molar-refractivity contribution >= 4 is 41.5 Å². The largest absolute Gasteiger partial charge is 0.379 e. The number of hydrogen-bond donors (Lipinski definition) is 2. The zero-order valence-corrected chi connectivity index (χ0v) is 16.7. The van der Waals surface area contributed by atoms with E-state index in [1.807, 2.05) is 38.1 Å². The molecule has 0 aliphatic heterocycles. The predicted octanol–water partition coefficient (Wildman–Crippen LogP) is 3.83. The zero-order chi connectivity index (χ0) is 15.5. The number of guanidine groups is 1. The summed E-state index contributed by atoms with van der Waals surface area (Å²) in [7, 11) is 0. The Hall–Kier alpha value is -0.530. The molecule has 0 bridgehead atoms. The van der Waals surface area contributed by atoms with Gasteiger partial charge in [0.05, 0.1) is 12.6 Å². The molecule has 0 saturated heterocycles. The minimum atomic E-state index is 0. The molecule has 2 N–H and O–H groups in total. The molecule has 22 heavy (non-hydrogen) atoms. The Morgan fingerprint density at radius 2 is 1.91 bits per heavy atom. The van der Waals surface area contributed by atoms with Gasteiger partial charge in [-0.3, -0.25) is 0 Å². The molecule has 0 aromatic heterocycles. The van der Waals surface area contributed by atoms with Crippen molar-refractivity contribution in [1.82, 2.24) is 10.6 Å². The van der Waals surface area contributed by atoms with Crippen molar-refractivity contribution in [3.63, 3.8) is 0 Å². The Labute approximate surface area is 156 Å². The van der Waals surface area contributed by atoms with Gasteiger partial charge in [-0.15, -0.1) is 24.0 Å². The third-order valence-corrected chi connectivity index (χ3v) is 2.99. The van der Waals surface area contributed by atoms with Crippen molar-refractivity contribution in [3.8, 4) is 0 Å². The van der Waals surface area contributed by atoms with E-state index in [1.165, 1.54) is 0 Å². The second kappa shape index (κ2) is 13.0. The topological polar surface area (TPSA) is 45.7 Å². The predicted molar refractivity (Wildman–Crippen MR) is 105 cm³/mol. The maximum Gasteiger partial charge on any atom is 0.191 e. The smallest absolute Gasteiger partial charge is 0.191 e. The van der Waals surface area contributed by atoms with E-state index in [4.69, 9.17) is 16.3 Å². The van der Waals surface area contributed by atoms with E-state index in [9.17, 15) is 0 Å². The van der Waals surface area contributed by atoms with E-state index in [0.717, 1.165) is 42.7 Å². The molecule has 0 amide bonds. The summed E-state index contributed by atoms with van der Waals surface area (Å²) in [6.07, 6.45) is 1.25. The third-order valence-electron chi connectivity index (χ3n) is 2.74. The summed E-state index contributed by atoms with van der Waals surface area (Å²) in [6.45, 7) is 9.24. The van der Waals surface area contributed by atoms with Crippen LogP contribution in [0.15, 0.2) is 29.3 Å². The van der Waals surface area contributed by atoms with Gasteiger partial charge in [0.1, 0.15) is 0 Å². The van der Waals surface area contributed by atoms with Crippen LogP contribution in [0.3, 0.4) is 0 Å². The van der Waals surface area contributed by atoms with Gasteiger partial charge in [0.25, 0.3) is 0 Å². The minimum Gasteiger partial charge on any atom is -0.379 e. The molecule has 0 atom stereocenters. The number of rotatable bonds is 8. The maximum atomic E-state index is 5.87. The molecule has 0 radical (unpaired) electrons. The molecular weight excluding hydrogens is 413 g/mol. The number of nitrogens with zero attached hydrogens (tertiary/aromatic N) is 1. The fraction of sp³-hybridized carbons (Fsp3) is 0.562. The van der Waals surface area contributed by atoms with Crippen LogP contribution in [0.4, 0.5) is 0 Å². The third kappa shape index (κ3) is 10.2. The highest BCUT2D eigenvalue weighted by atomic mass is 127. The average molecular weight is 440 g/mol. The first-order valence-corrected chi connectivity index (χ1v) is 7.87. The van der Waals surface area contributed by atoms with E-state index in [2.05, 4.69) is 22.5 Å². The second-order valence-electron chi connectivity index (χ2n) is 5.02. The fourth-order valence-corrected chi connectivity index (χ4v) is 1.83. The zero-order valence-electron chi connectivity index (χ0n) is 13.6. The van der Waals surface area contributed by atoms with Crippen molar-refractivity contribution in [2.24, 2.45) is 4.99 Å². The molecule has 1 rings (SSSR count). The molecule has 0 heterocycles. The summed E-state index contributed by atoms with van der Waals surface area (Å²) >= 11 is 5.87. The molecule has 126 valence electrons. The molecule has 0 aliphatic rings. The molecule has 1 aromatic carbocycles. The highest BCUT2D eigenvalue weighted by Crippen LogP contribution is 2.10. The van der Waals surface area contributed by atoms with Gasteiger partial charge in [0.2, 0.25) is 0 Å². The van der Waals surface area contributed by atoms with Crippen LogP contribution in [0.1, 0.15) is 32.8 Å². The Kier molecular flexibility index (Phi) is 12.6. The number of halogens is 2. The summed E-state index contributed by atoms with van der Waals surface area (Å²) in [5.74, 6) is 0.831. The molecule has 6 heteroatoms. The van der Waals surface area contributed by atoms with Crippen molar-refractivity contribution < 1.29 is 4.74 Å². The van der Waals surface area contributed by atoms with E-state index in [1.54, 1.807) is 0 Å². The highest BCUT2D eigenvalue weighted by Gasteiger charge is 1.98. The van der Waals surface area contributed by atoms with Crippen LogP contribution >= 0.6 is 35.6 Å². The lowest BCUT2D eigenvalue weighted by Crippen LogP contribution is -2.38. The average Bonchev–Trinajstić information content (AvgIpc) is 2.45. The lowest BCUT2D eigenvalue weighted by atomic mass is 10.2. The number of benzene rings is 1. The fourth-order valence-electron chi connectivity index (χ4n) is 1.70. The van der Waals surface area contributed by atoms with Gasteiger partial charge in [0.15, 0.2) is 5.96 Å². The summed E-state index contributed by atoms with van der Waals surface area (Å²) in [5, 5.41) is 7.29. The number of ether oxygens (including phenoxy) is 1. The van der Waals surface area contributed by atoms with Gasteiger partial charge in [-0.05, 0) is 44.9 Å². The Bertz CT molecular complexity index is 424. The van der Waals surface area contributed by atoms with Crippen LogP contribution in [0.25, 0.3) is 0 Å². The highest BCUT2D eigenvalue weighted by molar-refractivity contribution is 14.0.